The third-order valence-electron chi connectivity index (χ3n) is 5.26. The van der Waals surface area contributed by atoms with Crippen molar-refractivity contribution in [1.29, 1.82) is 0 Å². The third-order valence-corrected chi connectivity index (χ3v) is 12.0. The van der Waals surface area contributed by atoms with E-state index in [0.29, 0.717) is 0 Å². The Morgan fingerprint density at radius 3 is 1.09 bits per heavy atom. The first-order valence-electron chi connectivity index (χ1n) is 10.3. The van der Waals surface area contributed by atoms with Crippen molar-refractivity contribution >= 4 is 6.83 Å². The van der Waals surface area contributed by atoms with Crippen LogP contribution < -0.4 is 0 Å². The van der Waals surface area contributed by atoms with E-state index in [4.69, 9.17) is 4.52 Å². The van der Waals surface area contributed by atoms with Crippen LogP contribution in [0.5, 0.6) is 0 Å². The maximum absolute atomic E-state index is 7.00. The van der Waals surface area contributed by atoms with Crippen LogP contribution in [0.15, 0.2) is 0 Å². The van der Waals surface area contributed by atoms with Gasteiger partial charge in [0.2, 0.25) is 0 Å². The SMILES string of the molecule is CCCCOP(CCCC)(CCCC)(CCCC)CCCC. The molecule has 1 nitrogen and oxygen atoms in total. The summed E-state index contributed by atoms with van der Waals surface area (Å²) in [7, 11) is 0. The summed E-state index contributed by atoms with van der Waals surface area (Å²) in [5.41, 5.74) is 0. The molecule has 0 saturated carbocycles. The second-order valence-corrected chi connectivity index (χ2v) is 13.1. The zero-order chi connectivity index (χ0) is 16.8. The van der Waals surface area contributed by atoms with Gasteiger partial charge in [0.05, 0.1) is 0 Å². The normalized spacial score (nSPS) is 14.0. The molecule has 0 amide bonds. The molecule has 0 saturated heterocycles. The molecule has 2 heteroatoms. The van der Waals surface area contributed by atoms with E-state index < -0.39 is 6.83 Å². The molecule has 0 N–H and O–H groups in total. The zero-order valence-electron chi connectivity index (χ0n) is 16.5. The molecule has 0 rings (SSSR count). The Morgan fingerprint density at radius 1 is 0.500 bits per heavy atom. The molecule has 0 aromatic heterocycles. The van der Waals surface area contributed by atoms with Crippen molar-refractivity contribution in [3.8, 4) is 0 Å². The van der Waals surface area contributed by atoms with Gasteiger partial charge in [-0.25, -0.2) is 0 Å². The first-order chi connectivity index (χ1) is 10.6. The molecule has 136 valence electrons. The molecular weight excluding hydrogens is 287 g/mol. The van der Waals surface area contributed by atoms with Crippen LogP contribution in [0.3, 0.4) is 0 Å². The first-order valence-corrected chi connectivity index (χ1v) is 13.2. The van der Waals surface area contributed by atoms with E-state index in [0.717, 1.165) is 6.61 Å². The van der Waals surface area contributed by atoms with E-state index in [-0.39, 0.29) is 0 Å². The van der Waals surface area contributed by atoms with Gasteiger partial charge in [-0.1, -0.05) is 0 Å². The van der Waals surface area contributed by atoms with E-state index in [1.54, 1.807) is 0 Å². The van der Waals surface area contributed by atoms with Crippen LogP contribution in [0.1, 0.15) is 98.8 Å². The van der Waals surface area contributed by atoms with Gasteiger partial charge >= 0.3 is 141 Å². The van der Waals surface area contributed by atoms with Crippen LogP contribution in [0.4, 0.5) is 0 Å². The monoisotopic (exact) mass is 332 g/mol. The third kappa shape index (κ3) is 7.78. The average molecular weight is 333 g/mol. The minimum absolute atomic E-state index is 1.02. The summed E-state index contributed by atoms with van der Waals surface area (Å²) in [6, 6.07) is 0. The molecule has 22 heavy (non-hydrogen) atoms. The topological polar surface area (TPSA) is 9.23 Å². The van der Waals surface area contributed by atoms with E-state index in [9.17, 15) is 0 Å². The Hall–Kier alpha value is 0.390. The summed E-state index contributed by atoms with van der Waals surface area (Å²) in [5.74, 6) is 0. The van der Waals surface area contributed by atoms with E-state index in [2.05, 4.69) is 34.6 Å². The Bertz CT molecular complexity index is 209. The summed E-state index contributed by atoms with van der Waals surface area (Å²) in [4.78, 5) is 0. The Balaban J connectivity index is 5.34. The van der Waals surface area contributed by atoms with Crippen LogP contribution >= 0.6 is 6.83 Å². The predicted molar refractivity (Wildman–Crippen MR) is 107 cm³/mol. The van der Waals surface area contributed by atoms with Crippen molar-refractivity contribution in [2.75, 3.05) is 31.3 Å². The molecule has 0 aliphatic rings. The second-order valence-electron chi connectivity index (χ2n) is 7.35. The van der Waals surface area contributed by atoms with Gasteiger partial charge in [0.1, 0.15) is 0 Å². The van der Waals surface area contributed by atoms with Gasteiger partial charge in [0, 0.05) is 0 Å². The van der Waals surface area contributed by atoms with Crippen LogP contribution in [0.25, 0.3) is 0 Å². The molecule has 0 aliphatic carbocycles. The van der Waals surface area contributed by atoms with Gasteiger partial charge in [-0.2, -0.15) is 0 Å². The molecule has 0 aliphatic heterocycles. The first kappa shape index (κ1) is 22.4. The molecule has 0 fully saturated rings. The van der Waals surface area contributed by atoms with Crippen molar-refractivity contribution in [3.63, 3.8) is 0 Å². The summed E-state index contributed by atoms with van der Waals surface area (Å²) < 4.78 is 7.00. The van der Waals surface area contributed by atoms with Crippen LogP contribution in [0, 0.1) is 0 Å². The maximum atomic E-state index is 7.00. The molecule has 0 aromatic rings. The van der Waals surface area contributed by atoms with E-state index >= 15 is 0 Å². The number of hydrogen-bond acceptors (Lipinski definition) is 1. The Morgan fingerprint density at radius 2 is 0.818 bits per heavy atom. The predicted octanol–water partition coefficient (Wildman–Crippen LogP) is 7.47. The van der Waals surface area contributed by atoms with Crippen molar-refractivity contribution in [2.45, 2.75) is 98.8 Å². The number of rotatable bonds is 16. The van der Waals surface area contributed by atoms with Crippen molar-refractivity contribution in [1.82, 2.24) is 0 Å². The second kappa shape index (κ2) is 12.8. The van der Waals surface area contributed by atoms with Gasteiger partial charge in [-0.3, -0.25) is 0 Å². The molecule has 0 unspecified atom stereocenters. The van der Waals surface area contributed by atoms with E-state index in [1.165, 1.54) is 88.9 Å². The van der Waals surface area contributed by atoms with Crippen LogP contribution in [-0.2, 0) is 4.52 Å². The Labute approximate surface area is 142 Å². The number of unbranched alkanes of at least 4 members (excludes halogenated alkanes) is 5. The van der Waals surface area contributed by atoms with Gasteiger partial charge in [0.25, 0.3) is 0 Å². The van der Waals surface area contributed by atoms with Gasteiger partial charge in [0.15, 0.2) is 0 Å². The van der Waals surface area contributed by atoms with Crippen molar-refractivity contribution in [3.05, 3.63) is 0 Å². The Kier molecular flexibility index (Phi) is 13.0. The van der Waals surface area contributed by atoms with Crippen molar-refractivity contribution in [2.24, 2.45) is 0 Å². The molecule has 0 spiro atoms. The van der Waals surface area contributed by atoms with Gasteiger partial charge in [-0.05, 0) is 0 Å². The van der Waals surface area contributed by atoms with Crippen LogP contribution in [0.2, 0.25) is 0 Å². The molecule has 0 heterocycles. The summed E-state index contributed by atoms with van der Waals surface area (Å²) in [5, 5.41) is 0. The molecular formula is C20H45OP. The van der Waals surface area contributed by atoms with Crippen LogP contribution in [-0.4, -0.2) is 31.3 Å². The minimum atomic E-state index is -1.96. The molecule has 0 aromatic carbocycles. The van der Waals surface area contributed by atoms with Crippen molar-refractivity contribution < 1.29 is 4.52 Å². The van der Waals surface area contributed by atoms with E-state index in [1.807, 2.05) is 0 Å². The molecule has 0 bridgehead atoms. The summed E-state index contributed by atoms with van der Waals surface area (Å²) in [6.45, 7) is 10.7. The standard InChI is InChI=1S/C20H45OP/c1-6-11-16-21-22(17-12-7-2,18-13-8-3,19-14-9-4)20-15-10-5/h6-20H2,1-5H3. The number of hydrogen-bond donors (Lipinski definition) is 0. The van der Waals surface area contributed by atoms with Gasteiger partial charge < -0.3 is 0 Å². The molecule has 0 atom stereocenters. The average Bonchev–Trinajstić information content (AvgIpc) is 2.55. The zero-order valence-corrected chi connectivity index (χ0v) is 17.4. The molecule has 0 radical (unpaired) electrons. The fourth-order valence-corrected chi connectivity index (χ4v) is 10.6. The fraction of sp³-hybridized carbons (Fsp3) is 1.00. The summed E-state index contributed by atoms with van der Waals surface area (Å²) >= 11 is 0. The summed E-state index contributed by atoms with van der Waals surface area (Å²) in [6.07, 6.45) is 18.9. The van der Waals surface area contributed by atoms with Gasteiger partial charge in [-0.15, -0.1) is 0 Å². The fourth-order valence-electron chi connectivity index (χ4n) is 3.63. The quantitative estimate of drug-likeness (QED) is 0.210.